The fourth-order valence-electron chi connectivity index (χ4n) is 3.10. The van der Waals surface area contributed by atoms with Crippen LogP contribution in [0.25, 0.3) is 17.4 Å². The molecular weight excluding hydrogens is 400 g/mol. The number of amides is 1. The lowest BCUT2D eigenvalue weighted by molar-refractivity contribution is -0.125. The van der Waals surface area contributed by atoms with E-state index in [-0.39, 0.29) is 10.6 Å². The number of rotatable bonds is 5. The van der Waals surface area contributed by atoms with Crippen molar-refractivity contribution in [3.05, 3.63) is 88.5 Å². The van der Waals surface area contributed by atoms with E-state index < -0.39 is 0 Å². The molecule has 0 aliphatic carbocycles. The zero-order valence-electron chi connectivity index (χ0n) is 15.5. The number of nitrogens with zero attached hydrogens (tertiary/aromatic N) is 2. The van der Waals surface area contributed by atoms with Gasteiger partial charge >= 0.3 is 0 Å². The van der Waals surface area contributed by atoms with Crippen LogP contribution in [0, 0.1) is 11.3 Å². The Bertz CT molecular complexity index is 1080. The molecule has 1 amide bonds. The number of carbonyl (C=O) groups excluding carboxylic acids is 1. The van der Waals surface area contributed by atoms with Gasteiger partial charge in [0.2, 0.25) is 0 Å². The van der Waals surface area contributed by atoms with E-state index in [4.69, 9.17) is 9.68 Å². The van der Waals surface area contributed by atoms with Crippen molar-refractivity contribution in [2.45, 2.75) is 11.1 Å². The monoisotopic (exact) mass is 418 g/mol. The molecule has 0 saturated carbocycles. The second-order valence-corrected chi connectivity index (χ2v) is 8.54. The molecule has 0 spiro atoms. The summed E-state index contributed by atoms with van der Waals surface area (Å²) >= 11 is 6.00. The highest BCUT2D eigenvalue weighted by Crippen LogP contribution is 2.38. The maximum Gasteiger partial charge on any atom is 0.262 e. The van der Waals surface area contributed by atoms with Crippen LogP contribution in [0.3, 0.4) is 0 Å². The van der Waals surface area contributed by atoms with Crippen molar-refractivity contribution < 1.29 is 9.21 Å². The number of furan rings is 1. The molecule has 3 aromatic rings. The van der Waals surface area contributed by atoms with Crippen molar-refractivity contribution >= 4 is 36.4 Å². The van der Waals surface area contributed by atoms with Crippen molar-refractivity contribution in [3.8, 4) is 17.4 Å². The predicted molar refractivity (Wildman–Crippen MR) is 119 cm³/mol. The summed E-state index contributed by atoms with van der Waals surface area (Å²) in [6.07, 6.45) is 2.56. The summed E-state index contributed by atoms with van der Waals surface area (Å²) in [5.74, 6) is 1.29. The van der Waals surface area contributed by atoms with Gasteiger partial charge < -0.3 is 9.32 Å². The minimum atomic E-state index is -0.203. The number of hydrogen-bond acceptors (Lipinski definition) is 5. The molecule has 0 bridgehead atoms. The molecule has 1 atom stereocenters. The summed E-state index contributed by atoms with van der Waals surface area (Å²) in [5.41, 5.74) is 2.68. The van der Waals surface area contributed by atoms with Gasteiger partial charge in [0.25, 0.3) is 5.91 Å². The van der Waals surface area contributed by atoms with E-state index >= 15 is 0 Å². The van der Waals surface area contributed by atoms with E-state index in [0.717, 1.165) is 12.0 Å². The molecule has 1 aromatic heterocycles. The molecule has 4 nitrogen and oxygen atoms in total. The second-order valence-electron chi connectivity index (χ2n) is 6.58. The smallest absolute Gasteiger partial charge is 0.262 e. The second kappa shape index (κ2) is 8.64. The van der Waals surface area contributed by atoms with Crippen molar-refractivity contribution in [1.29, 1.82) is 5.26 Å². The molecule has 2 heterocycles. The van der Waals surface area contributed by atoms with E-state index in [2.05, 4.69) is 30.8 Å². The summed E-state index contributed by atoms with van der Waals surface area (Å²) in [4.78, 5) is 15.2. The molecule has 1 saturated heterocycles. The Labute approximate surface area is 179 Å². The minimum absolute atomic E-state index is 0.0257. The van der Waals surface area contributed by atoms with Crippen LogP contribution < -0.4 is 0 Å². The molecule has 4 rings (SSSR count). The Hall–Kier alpha value is -2.88. The fourth-order valence-corrected chi connectivity index (χ4v) is 4.61. The number of thiol groups is 1. The van der Waals surface area contributed by atoms with Crippen molar-refractivity contribution in [2.24, 2.45) is 0 Å². The molecule has 144 valence electrons. The van der Waals surface area contributed by atoms with E-state index in [1.807, 2.05) is 42.5 Å². The van der Waals surface area contributed by atoms with Crippen LogP contribution >= 0.6 is 24.4 Å². The molecule has 6 heteroatoms. The van der Waals surface area contributed by atoms with Gasteiger partial charge in [-0.15, -0.1) is 12.6 Å². The summed E-state index contributed by atoms with van der Waals surface area (Å²) in [6, 6.07) is 23.1. The van der Waals surface area contributed by atoms with Crippen LogP contribution in [0.1, 0.15) is 16.9 Å². The summed E-state index contributed by atoms with van der Waals surface area (Å²) in [5, 5.41) is 8.91. The zero-order valence-corrected chi connectivity index (χ0v) is 17.2. The summed E-state index contributed by atoms with van der Waals surface area (Å²) in [6.45, 7) is 0.621. The topological polar surface area (TPSA) is 57.2 Å². The van der Waals surface area contributed by atoms with Gasteiger partial charge in [-0.3, -0.25) is 4.79 Å². The lowest BCUT2D eigenvalue weighted by atomic mass is 10.1. The third-order valence-corrected chi connectivity index (χ3v) is 6.26. The Morgan fingerprint density at radius 2 is 1.86 bits per heavy atom. The lowest BCUT2D eigenvalue weighted by Gasteiger charge is -2.19. The highest BCUT2D eigenvalue weighted by Gasteiger charge is 2.33. The third-order valence-electron chi connectivity index (χ3n) is 4.65. The van der Waals surface area contributed by atoms with Gasteiger partial charge in [0.15, 0.2) is 0 Å². The van der Waals surface area contributed by atoms with E-state index in [1.165, 1.54) is 17.3 Å². The first kappa shape index (κ1) is 19.4. The third kappa shape index (κ3) is 4.42. The number of benzene rings is 2. The van der Waals surface area contributed by atoms with Crippen molar-refractivity contribution in [2.75, 3.05) is 6.54 Å². The highest BCUT2D eigenvalue weighted by atomic mass is 32.2. The maximum atomic E-state index is 12.8. The number of nitriles is 1. The average molecular weight is 419 g/mol. The van der Waals surface area contributed by atoms with Crippen molar-refractivity contribution in [1.82, 2.24) is 4.90 Å². The van der Waals surface area contributed by atoms with Gasteiger partial charge in [-0.2, -0.15) is 5.26 Å². The number of hydrogen-bond donors (Lipinski definition) is 1. The van der Waals surface area contributed by atoms with Crippen LogP contribution in [0.4, 0.5) is 0 Å². The standard InChI is InChI=1S/C23H18N2O2S2/c24-15-17-6-8-18(9-7-17)20-11-10-19(27-20)14-21-22(26)25(23(28)29-21)13-12-16-4-2-1-3-5-16/h1-11,14,23,28H,12-13H2/b21-14-. The van der Waals surface area contributed by atoms with Gasteiger partial charge in [-0.25, -0.2) is 0 Å². The Balaban J connectivity index is 1.46. The van der Waals surface area contributed by atoms with Gasteiger partial charge in [0, 0.05) is 18.2 Å². The maximum absolute atomic E-state index is 12.8. The molecule has 2 aromatic carbocycles. The van der Waals surface area contributed by atoms with Crippen LogP contribution in [0.15, 0.2) is 76.1 Å². The Morgan fingerprint density at radius 3 is 2.59 bits per heavy atom. The van der Waals surface area contributed by atoms with Gasteiger partial charge in [0.1, 0.15) is 16.2 Å². The molecule has 29 heavy (non-hydrogen) atoms. The lowest BCUT2D eigenvalue weighted by Crippen LogP contribution is -2.31. The molecule has 1 unspecified atom stereocenters. The molecule has 1 fully saturated rings. The van der Waals surface area contributed by atoms with Gasteiger partial charge in [0.05, 0.1) is 16.5 Å². The quantitative estimate of drug-likeness (QED) is 0.458. The Morgan fingerprint density at radius 1 is 1.10 bits per heavy atom. The normalized spacial score (nSPS) is 17.7. The first-order valence-electron chi connectivity index (χ1n) is 9.16. The Kier molecular flexibility index (Phi) is 5.79. The average Bonchev–Trinajstić information content (AvgIpc) is 3.32. The molecule has 1 aliphatic rings. The van der Waals surface area contributed by atoms with E-state index in [9.17, 15) is 4.79 Å². The van der Waals surface area contributed by atoms with Gasteiger partial charge in [-0.05, 0) is 48.4 Å². The van der Waals surface area contributed by atoms with Crippen LogP contribution in [-0.2, 0) is 11.2 Å². The molecular formula is C23H18N2O2S2. The van der Waals surface area contributed by atoms with Crippen molar-refractivity contribution in [3.63, 3.8) is 0 Å². The van der Waals surface area contributed by atoms with Crippen LogP contribution in [0.2, 0.25) is 0 Å². The SMILES string of the molecule is N#Cc1ccc(-c2ccc(/C=C3\SC(S)N(CCc4ccccc4)C3=O)o2)cc1. The molecule has 0 radical (unpaired) electrons. The fraction of sp³-hybridized carbons (Fsp3) is 0.130. The van der Waals surface area contributed by atoms with E-state index in [1.54, 1.807) is 23.1 Å². The zero-order chi connectivity index (χ0) is 20.2. The highest BCUT2D eigenvalue weighted by molar-refractivity contribution is 8.14. The summed E-state index contributed by atoms with van der Waals surface area (Å²) in [7, 11) is 0. The van der Waals surface area contributed by atoms with Crippen LogP contribution in [-0.4, -0.2) is 22.1 Å². The largest absolute Gasteiger partial charge is 0.457 e. The van der Waals surface area contributed by atoms with Crippen LogP contribution in [0.5, 0.6) is 0 Å². The number of thioether (sulfide) groups is 1. The molecule has 1 aliphatic heterocycles. The van der Waals surface area contributed by atoms with Gasteiger partial charge in [-0.1, -0.05) is 42.1 Å². The first-order valence-corrected chi connectivity index (χ1v) is 10.6. The predicted octanol–water partition coefficient (Wildman–Crippen LogP) is 5.19. The molecule has 0 N–H and O–H groups in total. The van der Waals surface area contributed by atoms with E-state index in [0.29, 0.717) is 28.5 Å². The number of carbonyl (C=O) groups is 1. The minimum Gasteiger partial charge on any atom is -0.457 e. The first-order chi connectivity index (χ1) is 14.1. The summed E-state index contributed by atoms with van der Waals surface area (Å²) < 4.78 is 5.68.